The second kappa shape index (κ2) is 6.92. The molecule has 108 valence electrons. The molecule has 0 bridgehead atoms. The molecule has 4 nitrogen and oxygen atoms in total. The lowest BCUT2D eigenvalue weighted by atomic mass is 9.86. The first-order valence-electron chi connectivity index (χ1n) is 7.64. The third-order valence-electron chi connectivity index (χ3n) is 4.52. The maximum Gasteiger partial charge on any atom is 0.303 e. The van der Waals surface area contributed by atoms with Gasteiger partial charge in [-0.25, -0.2) is 0 Å². The van der Waals surface area contributed by atoms with E-state index in [2.05, 4.69) is 0 Å². The molecular formula is C15H25NO3. The Bertz CT molecular complexity index is 323. The second-order valence-electron chi connectivity index (χ2n) is 6.15. The van der Waals surface area contributed by atoms with E-state index >= 15 is 0 Å². The molecule has 0 radical (unpaired) electrons. The number of amides is 1. The highest BCUT2D eigenvalue weighted by Crippen LogP contribution is 2.28. The Balaban J connectivity index is 1.79. The van der Waals surface area contributed by atoms with Crippen molar-refractivity contribution in [2.45, 2.75) is 57.8 Å². The number of carboxylic acid groups (broad SMARTS) is 1. The summed E-state index contributed by atoms with van der Waals surface area (Å²) >= 11 is 0. The quantitative estimate of drug-likeness (QED) is 0.852. The summed E-state index contributed by atoms with van der Waals surface area (Å²) in [7, 11) is 0. The molecule has 2 fully saturated rings. The molecule has 2 rings (SSSR count). The molecule has 1 N–H and O–H groups in total. The summed E-state index contributed by atoms with van der Waals surface area (Å²) in [5.74, 6) is 0.233. The average Bonchev–Trinajstić information content (AvgIpc) is 2.39. The topological polar surface area (TPSA) is 57.6 Å². The van der Waals surface area contributed by atoms with Gasteiger partial charge in [-0.05, 0) is 37.5 Å². The van der Waals surface area contributed by atoms with Crippen LogP contribution in [0, 0.1) is 11.8 Å². The van der Waals surface area contributed by atoms with Gasteiger partial charge in [-0.15, -0.1) is 0 Å². The van der Waals surface area contributed by atoms with Gasteiger partial charge in [-0.2, -0.15) is 0 Å². The molecular weight excluding hydrogens is 242 g/mol. The molecule has 0 aromatic carbocycles. The van der Waals surface area contributed by atoms with Crippen molar-refractivity contribution in [2.24, 2.45) is 11.8 Å². The predicted molar refractivity (Wildman–Crippen MR) is 72.7 cm³/mol. The highest BCUT2D eigenvalue weighted by molar-refractivity contribution is 5.76. The van der Waals surface area contributed by atoms with E-state index in [1.807, 2.05) is 4.90 Å². The Labute approximate surface area is 115 Å². The number of carbonyl (C=O) groups is 2. The van der Waals surface area contributed by atoms with Gasteiger partial charge in [0.25, 0.3) is 0 Å². The van der Waals surface area contributed by atoms with Gasteiger partial charge in [0.05, 0.1) is 0 Å². The van der Waals surface area contributed by atoms with E-state index in [9.17, 15) is 9.59 Å². The van der Waals surface area contributed by atoms with Crippen LogP contribution in [0.15, 0.2) is 0 Å². The van der Waals surface area contributed by atoms with Crippen LogP contribution in [0.1, 0.15) is 57.8 Å². The van der Waals surface area contributed by atoms with Crippen LogP contribution in [0.5, 0.6) is 0 Å². The van der Waals surface area contributed by atoms with Crippen LogP contribution in [0.3, 0.4) is 0 Å². The molecule has 1 aliphatic carbocycles. The number of carbonyl (C=O) groups excluding carboxylic acids is 1. The fraction of sp³-hybridized carbons (Fsp3) is 0.867. The number of likely N-dealkylation sites (tertiary alicyclic amines) is 1. The van der Waals surface area contributed by atoms with Crippen molar-refractivity contribution in [3.8, 4) is 0 Å². The fourth-order valence-corrected chi connectivity index (χ4v) is 3.47. The number of hydrogen-bond acceptors (Lipinski definition) is 2. The number of piperidine rings is 1. The van der Waals surface area contributed by atoms with Gasteiger partial charge in [0.2, 0.25) is 5.91 Å². The van der Waals surface area contributed by atoms with Gasteiger partial charge >= 0.3 is 5.97 Å². The van der Waals surface area contributed by atoms with Crippen LogP contribution in [-0.2, 0) is 9.59 Å². The molecule has 19 heavy (non-hydrogen) atoms. The van der Waals surface area contributed by atoms with Crippen molar-refractivity contribution in [3.63, 3.8) is 0 Å². The number of aliphatic carboxylic acids is 1. The predicted octanol–water partition coefficient (Wildman–Crippen LogP) is 2.67. The first-order valence-corrected chi connectivity index (χ1v) is 7.64. The van der Waals surface area contributed by atoms with Crippen LogP contribution in [-0.4, -0.2) is 35.0 Å². The van der Waals surface area contributed by atoms with Gasteiger partial charge in [0.1, 0.15) is 0 Å². The number of nitrogens with zero attached hydrogens (tertiary/aromatic N) is 1. The summed E-state index contributed by atoms with van der Waals surface area (Å²) in [6.45, 7) is 1.47. The van der Waals surface area contributed by atoms with Crippen LogP contribution in [0.4, 0.5) is 0 Å². The molecule has 0 aromatic heterocycles. The summed E-state index contributed by atoms with van der Waals surface area (Å²) in [4.78, 5) is 24.9. The normalized spacial score (nSPS) is 25.3. The van der Waals surface area contributed by atoms with Crippen molar-refractivity contribution in [3.05, 3.63) is 0 Å². The molecule has 1 aliphatic heterocycles. The van der Waals surface area contributed by atoms with E-state index < -0.39 is 5.97 Å². The Morgan fingerprint density at radius 2 is 1.63 bits per heavy atom. The minimum absolute atomic E-state index is 0.154. The molecule has 1 unspecified atom stereocenters. The number of hydrogen-bond donors (Lipinski definition) is 1. The Morgan fingerprint density at radius 3 is 2.32 bits per heavy atom. The third kappa shape index (κ3) is 4.51. The van der Waals surface area contributed by atoms with Crippen LogP contribution >= 0.6 is 0 Å². The van der Waals surface area contributed by atoms with Crippen molar-refractivity contribution in [2.75, 3.05) is 13.1 Å². The zero-order valence-electron chi connectivity index (χ0n) is 11.6. The maximum absolute atomic E-state index is 12.3. The van der Waals surface area contributed by atoms with Crippen molar-refractivity contribution >= 4 is 11.9 Å². The van der Waals surface area contributed by atoms with E-state index in [0.29, 0.717) is 18.9 Å². The van der Waals surface area contributed by atoms with Crippen molar-refractivity contribution < 1.29 is 14.7 Å². The highest BCUT2D eigenvalue weighted by atomic mass is 16.4. The van der Waals surface area contributed by atoms with Crippen LogP contribution in [0.2, 0.25) is 0 Å². The summed E-state index contributed by atoms with van der Waals surface area (Å²) < 4.78 is 0. The summed E-state index contributed by atoms with van der Waals surface area (Å²) in [5.41, 5.74) is 0. The van der Waals surface area contributed by atoms with E-state index in [1.54, 1.807) is 0 Å². The van der Waals surface area contributed by atoms with E-state index in [4.69, 9.17) is 5.11 Å². The van der Waals surface area contributed by atoms with E-state index in [1.165, 1.54) is 32.1 Å². The molecule has 0 spiro atoms. The molecule has 1 atom stereocenters. The summed E-state index contributed by atoms with van der Waals surface area (Å²) in [5, 5.41) is 8.85. The van der Waals surface area contributed by atoms with Crippen molar-refractivity contribution in [1.29, 1.82) is 0 Å². The van der Waals surface area contributed by atoms with Gasteiger partial charge in [-0.1, -0.05) is 19.3 Å². The molecule has 1 saturated carbocycles. The largest absolute Gasteiger partial charge is 0.481 e. The van der Waals surface area contributed by atoms with E-state index in [0.717, 1.165) is 19.4 Å². The molecule has 1 amide bonds. The molecule has 2 aliphatic rings. The minimum atomic E-state index is -0.744. The first kappa shape index (κ1) is 14.4. The summed E-state index contributed by atoms with van der Waals surface area (Å²) in [6.07, 6.45) is 9.01. The Hall–Kier alpha value is -1.06. The van der Waals surface area contributed by atoms with Gasteiger partial charge in [-0.3, -0.25) is 9.59 Å². The first-order chi connectivity index (χ1) is 9.15. The van der Waals surface area contributed by atoms with Gasteiger partial charge < -0.3 is 10.0 Å². The SMILES string of the molecule is O=C(O)CC1CCCN(C(=O)CC2CCCCC2)C1. The number of rotatable bonds is 4. The molecule has 1 heterocycles. The van der Waals surface area contributed by atoms with Crippen LogP contribution < -0.4 is 0 Å². The lowest BCUT2D eigenvalue weighted by Gasteiger charge is -2.33. The second-order valence-corrected chi connectivity index (χ2v) is 6.15. The third-order valence-corrected chi connectivity index (χ3v) is 4.52. The van der Waals surface area contributed by atoms with Gasteiger partial charge in [0.15, 0.2) is 0 Å². The highest BCUT2D eigenvalue weighted by Gasteiger charge is 2.27. The average molecular weight is 267 g/mol. The maximum atomic E-state index is 12.3. The minimum Gasteiger partial charge on any atom is -0.481 e. The Kier molecular flexibility index (Phi) is 5.23. The fourth-order valence-electron chi connectivity index (χ4n) is 3.47. The van der Waals surface area contributed by atoms with Gasteiger partial charge in [0, 0.05) is 25.9 Å². The monoisotopic (exact) mass is 267 g/mol. The molecule has 1 saturated heterocycles. The molecule has 4 heteroatoms. The molecule has 0 aromatic rings. The lowest BCUT2D eigenvalue weighted by molar-refractivity contribution is -0.141. The summed E-state index contributed by atoms with van der Waals surface area (Å²) in [6, 6.07) is 0. The Morgan fingerprint density at radius 1 is 0.947 bits per heavy atom. The lowest BCUT2D eigenvalue weighted by Crippen LogP contribution is -2.41. The van der Waals surface area contributed by atoms with E-state index in [-0.39, 0.29) is 18.2 Å². The standard InChI is InChI=1S/C15H25NO3/c17-14(9-12-5-2-1-3-6-12)16-8-4-7-13(11-16)10-15(18)19/h12-13H,1-11H2,(H,18,19). The number of carboxylic acids is 1. The zero-order chi connectivity index (χ0) is 13.7. The smallest absolute Gasteiger partial charge is 0.303 e. The van der Waals surface area contributed by atoms with Crippen LogP contribution in [0.25, 0.3) is 0 Å². The zero-order valence-corrected chi connectivity index (χ0v) is 11.6. The van der Waals surface area contributed by atoms with Crippen molar-refractivity contribution in [1.82, 2.24) is 4.90 Å².